The van der Waals surface area contributed by atoms with Gasteiger partial charge in [0.15, 0.2) is 17.3 Å². The molecule has 0 radical (unpaired) electrons. The van der Waals surface area contributed by atoms with Crippen LogP contribution in [0.2, 0.25) is 0 Å². The quantitative estimate of drug-likeness (QED) is 0.731. The van der Waals surface area contributed by atoms with E-state index in [0.717, 1.165) is 29.1 Å². The standard InChI is InChI=1S/C21H27FN4O3/c1-18(2)5-13-15(14(27)6-18)21(12-7-23-25-16(12)24-13)8-20(29-11-21)9-26(10-20)17(28)19(3,4)22/h24H,5-11H2,1-4H3. The van der Waals surface area contributed by atoms with Crippen molar-refractivity contribution in [3.63, 3.8) is 0 Å². The average Bonchev–Trinajstić information content (AvgIpc) is 3.16. The fourth-order valence-corrected chi connectivity index (χ4v) is 5.72. The van der Waals surface area contributed by atoms with Crippen LogP contribution < -0.4 is 5.32 Å². The van der Waals surface area contributed by atoms with Crippen LogP contribution in [0.3, 0.4) is 0 Å². The Morgan fingerprint density at radius 2 is 2.00 bits per heavy atom. The lowest BCUT2D eigenvalue weighted by Gasteiger charge is -2.49. The first kappa shape index (κ1) is 18.9. The van der Waals surface area contributed by atoms with Gasteiger partial charge in [-0.25, -0.2) is 4.39 Å². The van der Waals surface area contributed by atoms with Gasteiger partial charge in [-0.05, 0) is 32.1 Å². The van der Waals surface area contributed by atoms with Crippen LogP contribution in [0, 0.1) is 10.8 Å². The fourth-order valence-electron chi connectivity index (χ4n) is 5.72. The van der Waals surface area contributed by atoms with Gasteiger partial charge in [-0.1, -0.05) is 13.8 Å². The van der Waals surface area contributed by atoms with E-state index >= 15 is 0 Å². The maximum Gasteiger partial charge on any atom is 0.259 e. The number of dihydropyridines is 1. The number of carbonyl (C=O) groups excluding carboxylic acids is 2. The zero-order valence-electron chi connectivity index (χ0n) is 17.4. The molecule has 156 valence electrons. The summed E-state index contributed by atoms with van der Waals surface area (Å²) in [6.45, 7) is 8.30. The Morgan fingerprint density at radius 3 is 2.69 bits per heavy atom. The molecule has 1 N–H and O–H groups in total. The van der Waals surface area contributed by atoms with Gasteiger partial charge in [0.2, 0.25) is 0 Å². The average molecular weight is 402 g/mol. The Labute approximate surface area is 169 Å². The molecular weight excluding hydrogens is 375 g/mol. The third kappa shape index (κ3) is 2.64. The highest BCUT2D eigenvalue weighted by Crippen LogP contribution is 2.58. The van der Waals surface area contributed by atoms with E-state index in [1.54, 1.807) is 0 Å². The second kappa shape index (κ2) is 5.53. The number of alkyl halides is 1. The Hall–Kier alpha value is -2.09. The summed E-state index contributed by atoms with van der Waals surface area (Å²) >= 11 is 0. The van der Waals surface area contributed by atoms with Gasteiger partial charge in [0, 0.05) is 23.3 Å². The van der Waals surface area contributed by atoms with Crippen molar-refractivity contribution in [3.8, 4) is 0 Å². The number of allylic oxidation sites excluding steroid dienone is 1. The van der Waals surface area contributed by atoms with E-state index in [0.29, 0.717) is 39.1 Å². The molecule has 5 rings (SSSR count). The van der Waals surface area contributed by atoms with E-state index in [2.05, 4.69) is 29.4 Å². The Kier molecular flexibility index (Phi) is 3.61. The molecule has 8 heteroatoms. The molecule has 1 atom stereocenters. The zero-order valence-corrected chi connectivity index (χ0v) is 17.4. The summed E-state index contributed by atoms with van der Waals surface area (Å²) < 4.78 is 20.3. The number of ketones is 1. The van der Waals surface area contributed by atoms with Crippen molar-refractivity contribution in [1.82, 2.24) is 10.2 Å². The molecule has 2 spiro atoms. The highest BCUT2D eigenvalue weighted by Gasteiger charge is 2.63. The van der Waals surface area contributed by atoms with Crippen LogP contribution in [0.1, 0.15) is 47.0 Å². The molecule has 5 aliphatic rings. The Balaban J connectivity index is 1.48. The fraction of sp³-hybridized carbons (Fsp3) is 0.714. The number of nitrogens with zero attached hydrogens (tertiary/aromatic N) is 3. The molecule has 0 aromatic rings. The molecule has 29 heavy (non-hydrogen) atoms. The monoisotopic (exact) mass is 402 g/mol. The van der Waals surface area contributed by atoms with Crippen molar-refractivity contribution in [1.29, 1.82) is 0 Å². The molecule has 0 aromatic carbocycles. The molecule has 0 bridgehead atoms. The van der Waals surface area contributed by atoms with E-state index in [-0.39, 0.29) is 11.2 Å². The molecule has 2 fully saturated rings. The molecular formula is C21H27FN4O3. The van der Waals surface area contributed by atoms with Gasteiger partial charge in [-0.2, -0.15) is 5.11 Å². The van der Waals surface area contributed by atoms with E-state index in [1.807, 2.05) is 0 Å². The van der Waals surface area contributed by atoms with Crippen molar-refractivity contribution in [2.24, 2.45) is 21.1 Å². The summed E-state index contributed by atoms with van der Waals surface area (Å²) in [6, 6.07) is 0. The molecule has 4 aliphatic heterocycles. The first-order valence-corrected chi connectivity index (χ1v) is 10.2. The zero-order chi connectivity index (χ0) is 20.8. The molecule has 1 aliphatic carbocycles. The predicted molar refractivity (Wildman–Crippen MR) is 102 cm³/mol. The van der Waals surface area contributed by atoms with E-state index in [4.69, 9.17) is 4.74 Å². The van der Waals surface area contributed by atoms with Crippen molar-refractivity contribution in [2.45, 2.75) is 58.2 Å². The third-order valence-corrected chi connectivity index (χ3v) is 6.89. The number of amides is 1. The third-order valence-electron chi connectivity index (χ3n) is 6.89. The molecule has 7 nitrogen and oxygen atoms in total. The predicted octanol–water partition coefficient (Wildman–Crippen LogP) is 2.65. The number of Topliss-reactive ketones (excluding diaryl/α,β-unsaturated/α-hetero) is 1. The smallest absolute Gasteiger partial charge is 0.259 e. The topological polar surface area (TPSA) is 83.4 Å². The van der Waals surface area contributed by atoms with Crippen LogP contribution in [0.5, 0.6) is 0 Å². The molecule has 0 saturated carbocycles. The van der Waals surface area contributed by atoms with Gasteiger partial charge < -0.3 is 15.0 Å². The summed E-state index contributed by atoms with van der Waals surface area (Å²) in [6.07, 6.45) is 1.88. The summed E-state index contributed by atoms with van der Waals surface area (Å²) in [5, 5.41) is 11.9. The SMILES string of the molecule is CC1(C)CC(=O)C2=C(C1)NC1=C(CN=N1)C21COC2(CN(C(=O)C(C)(C)F)C2)C1. The lowest BCUT2D eigenvalue weighted by Crippen LogP contribution is -2.66. The van der Waals surface area contributed by atoms with Crippen LogP contribution in [0.15, 0.2) is 32.9 Å². The lowest BCUT2D eigenvalue weighted by atomic mass is 9.61. The second-order valence-corrected chi connectivity index (χ2v) is 10.5. The number of azo groups is 1. The number of likely N-dealkylation sites (tertiary alicyclic amines) is 1. The number of fused-ring (bicyclic) bond motifs is 2. The van der Waals surface area contributed by atoms with Crippen molar-refractivity contribution in [3.05, 3.63) is 22.7 Å². The van der Waals surface area contributed by atoms with E-state index < -0.39 is 22.6 Å². The number of nitrogens with one attached hydrogen (secondary N) is 1. The van der Waals surface area contributed by atoms with Gasteiger partial charge in [0.25, 0.3) is 5.91 Å². The van der Waals surface area contributed by atoms with E-state index in [9.17, 15) is 14.0 Å². The summed E-state index contributed by atoms with van der Waals surface area (Å²) in [5.41, 5.74) is -0.332. The first-order chi connectivity index (χ1) is 13.4. The van der Waals surface area contributed by atoms with Crippen molar-refractivity contribution >= 4 is 11.7 Å². The number of halogens is 1. The molecule has 4 heterocycles. The second-order valence-electron chi connectivity index (χ2n) is 10.5. The van der Waals surface area contributed by atoms with Gasteiger partial charge in [0.05, 0.1) is 31.7 Å². The van der Waals surface area contributed by atoms with Crippen LogP contribution in [0.4, 0.5) is 4.39 Å². The highest BCUT2D eigenvalue weighted by molar-refractivity contribution is 6.00. The normalized spacial score (nSPS) is 31.9. The van der Waals surface area contributed by atoms with Crippen LogP contribution in [-0.2, 0) is 14.3 Å². The summed E-state index contributed by atoms with van der Waals surface area (Å²) in [5.74, 6) is 0.381. The number of carbonyl (C=O) groups is 2. The number of rotatable bonds is 1. The van der Waals surface area contributed by atoms with Gasteiger partial charge >= 0.3 is 0 Å². The Morgan fingerprint density at radius 1 is 1.28 bits per heavy atom. The molecule has 0 aromatic heterocycles. The van der Waals surface area contributed by atoms with Gasteiger partial charge in [0.1, 0.15) is 5.60 Å². The van der Waals surface area contributed by atoms with Crippen LogP contribution >= 0.6 is 0 Å². The van der Waals surface area contributed by atoms with Gasteiger partial charge in [-0.3, -0.25) is 9.59 Å². The minimum absolute atomic E-state index is 0.110. The minimum atomic E-state index is -1.90. The lowest BCUT2D eigenvalue weighted by molar-refractivity contribution is -0.167. The highest BCUT2D eigenvalue weighted by atomic mass is 19.1. The molecule has 2 saturated heterocycles. The maximum atomic E-state index is 14.1. The summed E-state index contributed by atoms with van der Waals surface area (Å²) in [4.78, 5) is 27.0. The van der Waals surface area contributed by atoms with Crippen LogP contribution in [-0.4, -0.2) is 54.1 Å². The van der Waals surface area contributed by atoms with Gasteiger partial charge in [-0.15, -0.1) is 5.11 Å². The maximum absolute atomic E-state index is 14.1. The van der Waals surface area contributed by atoms with Crippen LogP contribution in [0.25, 0.3) is 0 Å². The van der Waals surface area contributed by atoms with Crippen molar-refractivity contribution in [2.75, 3.05) is 26.2 Å². The molecule has 1 unspecified atom stereocenters. The first-order valence-electron chi connectivity index (χ1n) is 10.2. The number of hydrogen-bond acceptors (Lipinski definition) is 6. The largest absolute Gasteiger partial charge is 0.370 e. The molecule has 1 amide bonds. The Bertz CT molecular complexity index is 921. The van der Waals surface area contributed by atoms with Crippen molar-refractivity contribution < 1.29 is 18.7 Å². The number of hydrogen-bond donors (Lipinski definition) is 1. The summed E-state index contributed by atoms with van der Waals surface area (Å²) in [7, 11) is 0. The van der Waals surface area contributed by atoms with E-state index in [1.165, 1.54) is 18.7 Å². The minimum Gasteiger partial charge on any atom is -0.370 e. The number of ether oxygens (including phenoxy) is 1.